The number of nitrogens with zero attached hydrogens (tertiary/aromatic N) is 4. The minimum atomic E-state index is -2.65. The molecule has 3 rings (SSSR count). The molecule has 3 heterocycles. The van der Waals surface area contributed by atoms with E-state index in [-0.39, 0.29) is 36.5 Å². The van der Waals surface area contributed by atoms with Gasteiger partial charge in [0.2, 0.25) is 11.8 Å². The van der Waals surface area contributed by atoms with E-state index in [1.54, 1.807) is 4.90 Å². The molecule has 0 bridgehead atoms. The number of fused-ring (bicyclic) bond motifs is 1. The van der Waals surface area contributed by atoms with Gasteiger partial charge >= 0.3 is 0 Å². The number of nitrogens with one attached hydrogen (secondary N) is 1. The first-order valence-corrected chi connectivity index (χ1v) is 11.5. The SMILES string of the molecule is CCc1nc2c(c(C(F)F)n1)CCN(C(=O)C[C@@H](CN1C[C@H](C)CCC1=O)NI)C2. The zero-order chi connectivity index (χ0) is 21.8. The molecule has 1 aromatic heterocycles. The molecule has 30 heavy (non-hydrogen) atoms. The molecule has 0 aliphatic carbocycles. The summed E-state index contributed by atoms with van der Waals surface area (Å²) < 4.78 is 29.9. The largest absolute Gasteiger partial charge is 0.341 e. The van der Waals surface area contributed by atoms with E-state index >= 15 is 0 Å². The third kappa shape index (κ3) is 5.43. The Bertz CT molecular complexity index is 795. The highest BCUT2D eigenvalue weighted by Gasteiger charge is 2.30. The zero-order valence-corrected chi connectivity index (χ0v) is 19.5. The summed E-state index contributed by atoms with van der Waals surface area (Å²) in [5.74, 6) is 0.904. The number of aromatic nitrogens is 2. The Kier molecular flexibility index (Phi) is 7.94. The number of halogens is 3. The van der Waals surface area contributed by atoms with Crippen LogP contribution in [0.4, 0.5) is 8.78 Å². The van der Waals surface area contributed by atoms with E-state index in [0.717, 1.165) is 6.42 Å². The van der Waals surface area contributed by atoms with Gasteiger partial charge < -0.3 is 9.80 Å². The van der Waals surface area contributed by atoms with Crippen molar-refractivity contribution in [1.82, 2.24) is 23.3 Å². The highest BCUT2D eigenvalue weighted by molar-refractivity contribution is 14.1. The number of likely N-dealkylation sites (tertiary alicyclic amines) is 1. The standard InChI is InChI=1S/C20H28F2IN5O2/c1-3-16-24-15-11-27(7-6-14(15)19(25-16)20(21)22)18(30)8-13(26-23)10-28-9-12(2)4-5-17(28)29/h12-13,20,26H,3-11H2,1-2H3/t12-,13+/m1/s1. The Morgan fingerprint density at radius 2 is 2.10 bits per heavy atom. The number of hydrogen-bond donors (Lipinski definition) is 1. The van der Waals surface area contributed by atoms with E-state index < -0.39 is 6.43 Å². The van der Waals surface area contributed by atoms with Gasteiger partial charge in [-0.1, -0.05) is 13.8 Å². The van der Waals surface area contributed by atoms with Crippen LogP contribution in [0.3, 0.4) is 0 Å². The monoisotopic (exact) mass is 535 g/mol. The van der Waals surface area contributed by atoms with Gasteiger partial charge in [-0.15, -0.1) is 0 Å². The minimum Gasteiger partial charge on any atom is -0.341 e. The molecule has 2 atom stereocenters. The van der Waals surface area contributed by atoms with Crippen LogP contribution in [-0.4, -0.2) is 57.3 Å². The van der Waals surface area contributed by atoms with Crippen molar-refractivity contribution in [3.8, 4) is 0 Å². The molecule has 7 nitrogen and oxygen atoms in total. The lowest BCUT2D eigenvalue weighted by molar-refractivity contribution is -0.137. The third-order valence-corrected chi connectivity index (χ3v) is 6.65. The van der Waals surface area contributed by atoms with E-state index in [0.29, 0.717) is 61.9 Å². The van der Waals surface area contributed by atoms with E-state index in [4.69, 9.17) is 0 Å². The van der Waals surface area contributed by atoms with Crippen LogP contribution in [-0.2, 0) is 29.0 Å². The van der Waals surface area contributed by atoms with Crippen LogP contribution in [0.25, 0.3) is 0 Å². The molecule has 0 spiro atoms. The molecular weight excluding hydrogens is 507 g/mol. The molecule has 166 valence electrons. The van der Waals surface area contributed by atoms with Crippen molar-refractivity contribution in [2.45, 2.75) is 65.0 Å². The molecule has 1 N–H and O–H groups in total. The summed E-state index contributed by atoms with van der Waals surface area (Å²) in [4.78, 5) is 37.0. The molecule has 1 fully saturated rings. The van der Waals surface area contributed by atoms with Crippen molar-refractivity contribution < 1.29 is 18.4 Å². The molecular formula is C20H28F2IN5O2. The fourth-order valence-corrected chi connectivity index (χ4v) is 4.50. The summed E-state index contributed by atoms with van der Waals surface area (Å²) >= 11 is 2.02. The van der Waals surface area contributed by atoms with E-state index in [9.17, 15) is 18.4 Å². The van der Waals surface area contributed by atoms with Crippen LogP contribution in [0.5, 0.6) is 0 Å². The van der Waals surface area contributed by atoms with Gasteiger partial charge in [-0.05, 0) is 18.8 Å². The predicted octanol–water partition coefficient (Wildman–Crippen LogP) is 2.82. The number of aryl methyl sites for hydroxylation is 1. The fraction of sp³-hybridized carbons (Fsp3) is 0.700. The molecule has 0 radical (unpaired) electrons. The predicted molar refractivity (Wildman–Crippen MR) is 116 cm³/mol. The van der Waals surface area contributed by atoms with Crippen LogP contribution in [0, 0.1) is 5.92 Å². The molecule has 1 aromatic rings. The molecule has 1 saturated heterocycles. The van der Waals surface area contributed by atoms with Gasteiger partial charge in [0, 0.05) is 73.4 Å². The molecule has 10 heteroatoms. The van der Waals surface area contributed by atoms with Crippen molar-refractivity contribution >= 4 is 34.7 Å². The lowest BCUT2D eigenvalue weighted by Crippen LogP contribution is -2.48. The van der Waals surface area contributed by atoms with Crippen molar-refractivity contribution in [3.05, 3.63) is 22.8 Å². The van der Waals surface area contributed by atoms with Crippen LogP contribution >= 0.6 is 22.9 Å². The van der Waals surface area contributed by atoms with Gasteiger partial charge in [-0.2, -0.15) is 0 Å². The number of rotatable bonds is 7. The summed E-state index contributed by atoms with van der Waals surface area (Å²) in [5, 5.41) is 0. The molecule has 0 aromatic carbocycles. The highest BCUT2D eigenvalue weighted by Crippen LogP contribution is 2.28. The number of carbonyl (C=O) groups is 2. The molecule has 2 aliphatic rings. The topological polar surface area (TPSA) is 78.4 Å². The Labute approximate surface area is 189 Å². The minimum absolute atomic E-state index is 0.0671. The summed E-state index contributed by atoms with van der Waals surface area (Å²) in [5.41, 5.74) is 0.798. The van der Waals surface area contributed by atoms with Crippen molar-refractivity contribution in [2.75, 3.05) is 19.6 Å². The van der Waals surface area contributed by atoms with Gasteiger partial charge in [0.05, 0.1) is 12.2 Å². The number of amides is 2. The quantitative estimate of drug-likeness (QED) is 0.430. The number of hydrogen-bond acceptors (Lipinski definition) is 5. The Morgan fingerprint density at radius 1 is 1.33 bits per heavy atom. The normalized spacial score (nSPS) is 20.5. The van der Waals surface area contributed by atoms with Gasteiger partial charge in [0.25, 0.3) is 6.43 Å². The Morgan fingerprint density at radius 3 is 2.77 bits per heavy atom. The van der Waals surface area contributed by atoms with Crippen LogP contribution in [0.15, 0.2) is 0 Å². The molecule has 0 saturated carbocycles. The third-order valence-electron chi connectivity index (χ3n) is 5.77. The zero-order valence-electron chi connectivity index (χ0n) is 17.3. The lowest BCUT2D eigenvalue weighted by atomic mass is 9.98. The lowest BCUT2D eigenvalue weighted by Gasteiger charge is -2.34. The van der Waals surface area contributed by atoms with E-state index in [2.05, 4.69) is 20.4 Å². The number of carbonyl (C=O) groups excluding carboxylic acids is 2. The van der Waals surface area contributed by atoms with Gasteiger partial charge in [0.1, 0.15) is 11.5 Å². The first-order chi connectivity index (χ1) is 14.3. The highest BCUT2D eigenvalue weighted by atomic mass is 127. The summed E-state index contributed by atoms with van der Waals surface area (Å²) in [6.45, 7) is 5.74. The second-order valence-electron chi connectivity index (χ2n) is 8.12. The maximum atomic E-state index is 13.4. The summed E-state index contributed by atoms with van der Waals surface area (Å²) in [7, 11) is 0. The van der Waals surface area contributed by atoms with E-state index in [1.807, 2.05) is 34.7 Å². The first-order valence-electron chi connectivity index (χ1n) is 10.4. The molecule has 2 aliphatic heterocycles. The van der Waals surface area contributed by atoms with Crippen LogP contribution in [0.1, 0.15) is 62.3 Å². The number of piperidine rings is 1. The van der Waals surface area contributed by atoms with Crippen LogP contribution < -0.4 is 3.53 Å². The van der Waals surface area contributed by atoms with Gasteiger partial charge in [-0.25, -0.2) is 18.7 Å². The smallest absolute Gasteiger partial charge is 0.280 e. The first kappa shape index (κ1) is 23.2. The maximum absolute atomic E-state index is 13.4. The summed E-state index contributed by atoms with van der Waals surface area (Å²) in [6.07, 6.45) is -0.154. The van der Waals surface area contributed by atoms with Crippen molar-refractivity contribution in [2.24, 2.45) is 5.92 Å². The Balaban J connectivity index is 1.66. The second-order valence-corrected chi connectivity index (χ2v) is 8.75. The maximum Gasteiger partial charge on any atom is 0.280 e. The average molecular weight is 535 g/mol. The molecule has 0 unspecified atom stereocenters. The van der Waals surface area contributed by atoms with Crippen molar-refractivity contribution in [1.29, 1.82) is 0 Å². The van der Waals surface area contributed by atoms with Gasteiger partial charge in [-0.3, -0.25) is 13.1 Å². The van der Waals surface area contributed by atoms with E-state index in [1.165, 1.54) is 0 Å². The average Bonchev–Trinajstić information content (AvgIpc) is 2.74. The molecule has 2 amide bonds. The second kappa shape index (κ2) is 10.3. The number of alkyl halides is 2. The summed E-state index contributed by atoms with van der Waals surface area (Å²) in [6, 6.07) is -0.165. The Hall–Kier alpha value is -1.43. The van der Waals surface area contributed by atoms with Crippen molar-refractivity contribution in [3.63, 3.8) is 0 Å². The van der Waals surface area contributed by atoms with Crippen LogP contribution in [0.2, 0.25) is 0 Å². The van der Waals surface area contributed by atoms with Gasteiger partial charge in [0.15, 0.2) is 0 Å². The fourth-order valence-electron chi connectivity index (χ4n) is 4.08.